The number of carbonyl (C=O) groups is 2. The van der Waals surface area contributed by atoms with Gasteiger partial charge in [-0.3, -0.25) is 14.6 Å². The summed E-state index contributed by atoms with van der Waals surface area (Å²) in [6, 6.07) is 27.7. The van der Waals surface area contributed by atoms with E-state index in [1.165, 1.54) is 0 Å². The highest BCUT2D eigenvalue weighted by Crippen LogP contribution is 2.32. The van der Waals surface area contributed by atoms with Crippen LogP contribution in [-0.4, -0.2) is 38.7 Å². The molecule has 0 aromatic heterocycles. The van der Waals surface area contributed by atoms with E-state index < -0.39 is 0 Å². The molecule has 1 aliphatic rings. The minimum absolute atomic E-state index is 0.193. The normalized spacial score (nSPS) is 11.8. The number of benzene rings is 4. The van der Waals surface area contributed by atoms with E-state index in [2.05, 4.69) is 10.6 Å². The predicted octanol–water partition coefficient (Wildman–Crippen LogP) is 5.94. The van der Waals surface area contributed by atoms with Crippen molar-refractivity contribution in [2.45, 2.75) is 6.42 Å². The second kappa shape index (κ2) is 10.6. The lowest BCUT2D eigenvalue weighted by molar-refractivity contribution is 0.101. The molecule has 0 fully saturated rings. The molecule has 0 radical (unpaired) electrons. The van der Waals surface area contributed by atoms with Crippen LogP contribution in [0.1, 0.15) is 31.8 Å². The second-order valence-electron chi connectivity index (χ2n) is 9.23. The van der Waals surface area contributed by atoms with Crippen molar-refractivity contribution in [1.82, 2.24) is 0 Å². The number of hydrogen-bond donors (Lipinski definition) is 2. The molecule has 5 rings (SSSR count). The fraction of sp³-hybridized carbons (Fsp3) is 0.129. The van der Waals surface area contributed by atoms with Crippen molar-refractivity contribution in [3.63, 3.8) is 0 Å². The Hall–Kier alpha value is -4.91. The highest BCUT2D eigenvalue weighted by atomic mass is 16.5. The Morgan fingerprint density at radius 1 is 0.763 bits per heavy atom. The minimum atomic E-state index is -0.212. The van der Waals surface area contributed by atoms with Gasteiger partial charge in [-0.15, -0.1) is 0 Å². The lowest BCUT2D eigenvalue weighted by atomic mass is 10.0. The summed E-state index contributed by atoms with van der Waals surface area (Å²) in [4.78, 5) is 32.0. The number of rotatable bonds is 7. The highest BCUT2D eigenvalue weighted by Gasteiger charge is 2.17. The number of amides is 2. The maximum atomic E-state index is 12.8. The average Bonchev–Trinajstić information content (AvgIpc) is 3.37. The van der Waals surface area contributed by atoms with Gasteiger partial charge in [0, 0.05) is 48.7 Å². The monoisotopic (exact) mass is 504 g/mol. The van der Waals surface area contributed by atoms with Gasteiger partial charge in [0.25, 0.3) is 11.8 Å². The van der Waals surface area contributed by atoms with Gasteiger partial charge < -0.3 is 20.3 Å². The predicted molar refractivity (Wildman–Crippen MR) is 152 cm³/mol. The number of hydrogen-bond acceptors (Lipinski definition) is 5. The van der Waals surface area contributed by atoms with Crippen LogP contribution in [0.5, 0.6) is 5.75 Å². The van der Waals surface area contributed by atoms with Crippen molar-refractivity contribution in [3.8, 4) is 5.75 Å². The Labute approximate surface area is 221 Å². The lowest BCUT2D eigenvalue weighted by Crippen LogP contribution is -2.14. The Balaban J connectivity index is 1.18. The Bertz CT molecular complexity index is 1510. The van der Waals surface area contributed by atoms with E-state index >= 15 is 0 Å². The third kappa shape index (κ3) is 5.42. The van der Waals surface area contributed by atoms with E-state index in [1.54, 1.807) is 55.6 Å². The van der Waals surface area contributed by atoms with E-state index in [0.717, 1.165) is 40.4 Å². The fourth-order valence-electron chi connectivity index (χ4n) is 4.24. The van der Waals surface area contributed by atoms with Gasteiger partial charge >= 0.3 is 0 Å². The molecular formula is C31H28N4O3. The molecular weight excluding hydrogens is 476 g/mol. The van der Waals surface area contributed by atoms with Gasteiger partial charge in [0.2, 0.25) is 0 Å². The van der Waals surface area contributed by atoms with Crippen LogP contribution >= 0.6 is 0 Å². The summed E-state index contributed by atoms with van der Waals surface area (Å²) in [6.45, 7) is 0. The SMILES string of the molecule is COc1ccc2c(c1)CC(c1ccc(C(=O)Nc3ccc(NC(=O)c4ccc(N(C)C)cc4)cc3)cc1)=N2. The maximum absolute atomic E-state index is 12.8. The second-order valence-corrected chi connectivity index (χ2v) is 9.23. The molecule has 1 heterocycles. The molecule has 0 bridgehead atoms. The molecule has 2 N–H and O–H groups in total. The first-order valence-corrected chi connectivity index (χ1v) is 12.2. The Morgan fingerprint density at radius 2 is 1.32 bits per heavy atom. The van der Waals surface area contributed by atoms with Crippen molar-refractivity contribution in [2.24, 2.45) is 4.99 Å². The topological polar surface area (TPSA) is 83.0 Å². The van der Waals surface area contributed by atoms with Crippen molar-refractivity contribution in [1.29, 1.82) is 0 Å². The van der Waals surface area contributed by atoms with E-state index in [9.17, 15) is 9.59 Å². The third-order valence-corrected chi connectivity index (χ3v) is 6.43. The van der Waals surface area contributed by atoms with E-state index in [1.807, 2.05) is 61.5 Å². The fourth-order valence-corrected chi connectivity index (χ4v) is 4.24. The van der Waals surface area contributed by atoms with Crippen molar-refractivity contribution in [2.75, 3.05) is 36.7 Å². The molecule has 7 nitrogen and oxygen atoms in total. The molecule has 0 atom stereocenters. The number of anilines is 3. The number of nitrogens with zero attached hydrogens (tertiary/aromatic N) is 2. The molecule has 0 saturated carbocycles. The van der Waals surface area contributed by atoms with Gasteiger partial charge in [-0.25, -0.2) is 0 Å². The zero-order chi connectivity index (χ0) is 26.6. The first-order valence-electron chi connectivity index (χ1n) is 12.2. The Morgan fingerprint density at radius 3 is 1.84 bits per heavy atom. The average molecular weight is 505 g/mol. The standard InChI is InChI=1S/C31H28N4O3/c1-35(2)26-14-8-22(9-15-26)31(37)33-25-12-10-24(11-13-25)32-30(36)21-6-4-20(5-7-21)29-19-23-18-27(38-3)16-17-28(23)34-29/h4-18H,19H2,1-3H3,(H,32,36)(H,33,37). The number of methoxy groups -OCH3 is 1. The van der Waals surface area contributed by atoms with E-state index in [-0.39, 0.29) is 11.8 Å². The smallest absolute Gasteiger partial charge is 0.255 e. The molecule has 7 heteroatoms. The summed E-state index contributed by atoms with van der Waals surface area (Å²) >= 11 is 0. The molecule has 4 aromatic carbocycles. The summed E-state index contributed by atoms with van der Waals surface area (Å²) in [6.07, 6.45) is 0.725. The van der Waals surface area contributed by atoms with Gasteiger partial charge in [-0.1, -0.05) is 12.1 Å². The van der Waals surface area contributed by atoms with Crippen LogP contribution < -0.4 is 20.3 Å². The molecule has 1 aliphatic heterocycles. The maximum Gasteiger partial charge on any atom is 0.255 e. The molecule has 0 aliphatic carbocycles. The molecule has 0 unspecified atom stereocenters. The molecule has 0 spiro atoms. The van der Waals surface area contributed by atoms with Crippen LogP contribution in [0.15, 0.2) is 96.0 Å². The number of ether oxygens (including phenoxy) is 1. The molecule has 190 valence electrons. The lowest BCUT2D eigenvalue weighted by Gasteiger charge is -2.13. The molecule has 0 saturated heterocycles. The summed E-state index contributed by atoms with van der Waals surface area (Å²) in [7, 11) is 5.56. The highest BCUT2D eigenvalue weighted by molar-refractivity contribution is 6.09. The van der Waals surface area contributed by atoms with Crippen LogP contribution in [0.25, 0.3) is 0 Å². The Kier molecular flexibility index (Phi) is 6.91. The summed E-state index contributed by atoms with van der Waals surface area (Å²) in [5.41, 5.74) is 7.44. The van der Waals surface area contributed by atoms with Crippen LogP contribution in [0.4, 0.5) is 22.7 Å². The summed E-state index contributed by atoms with van der Waals surface area (Å²) < 4.78 is 5.31. The summed E-state index contributed by atoms with van der Waals surface area (Å²) in [5.74, 6) is 0.412. The first kappa shape index (κ1) is 24.8. The van der Waals surface area contributed by atoms with Crippen LogP contribution in [0.2, 0.25) is 0 Å². The van der Waals surface area contributed by atoms with E-state index in [4.69, 9.17) is 9.73 Å². The minimum Gasteiger partial charge on any atom is -0.497 e. The van der Waals surface area contributed by atoms with Crippen LogP contribution in [-0.2, 0) is 6.42 Å². The first-order chi connectivity index (χ1) is 18.4. The van der Waals surface area contributed by atoms with Gasteiger partial charge in [0.1, 0.15) is 5.75 Å². The zero-order valence-electron chi connectivity index (χ0n) is 21.5. The molecule has 38 heavy (non-hydrogen) atoms. The van der Waals surface area contributed by atoms with Gasteiger partial charge in [-0.05, 0) is 90.0 Å². The van der Waals surface area contributed by atoms with E-state index in [0.29, 0.717) is 22.5 Å². The van der Waals surface area contributed by atoms with Gasteiger partial charge in [0.05, 0.1) is 18.5 Å². The van der Waals surface area contributed by atoms with Crippen molar-refractivity contribution in [3.05, 3.63) is 113 Å². The third-order valence-electron chi connectivity index (χ3n) is 6.43. The van der Waals surface area contributed by atoms with Gasteiger partial charge in [-0.2, -0.15) is 0 Å². The summed E-state index contributed by atoms with van der Waals surface area (Å²) in [5, 5.41) is 5.78. The number of fused-ring (bicyclic) bond motifs is 1. The largest absolute Gasteiger partial charge is 0.497 e. The van der Waals surface area contributed by atoms with Crippen molar-refractivity contribution < 1.29 is 14.3 Å². The van der Waals surface area contributed by atoms with Crippen LogP contribution in [0, 0.1) is 0 Å². The van der Waals surface area contributed by atoms with Gasteiger partial charge in [0.15, 0.2) is 0 Å². The molecule has 2 amide bonds. The van der Waals surface area contributed by atoms with Crippen LogP contribution in [0.3, 0.4) is 0 Å². The quantitative estimate of drug-likeness (QED) is 0.326. The van der Waals surface area contributed by atoms with Crippen molar-refractivity contribution >= 4 is 40.3 Å². The number of carbonyl (C=O) groups excluding carboxylic acids is 2. The number of aliphatic imine (C=N–C) groups is 1. The zero-order valence-corrected chi connectivity index (χ0v) is 21.5. The number of nitrogens with one attached hydrogen (secondary N) is 2. The molecule has 4 aromatic rings.